The summed E-state index contributed by atoms with van der Waals surface area (Å²) in [7, 11) is 0. The van der Waals surface area contributed by atoms with Crippen LogP contribution in [0, 0.1) is 0 Å². The number of fused-ring (bicyclic) bond motifs is 2. The number of carbonyl (C=O) groups is 9. The van der Waals surface area contributed by atoms with Crippen LogP contribution < -0.4 is 10.6 Å². The average Bonchev–Trinajstić information content (AvgIpc) is 3.74. The van der Waals surface area contributed by atoms with E-state index in [1.807, 2.05) is 0 Å². The number of amides is 8. The molecule has 0 saturated carbocycles. The highest BCUT2D eigenvalue weighted by molar-refractivity contribution is 6.23. The molecule has 8 amide bonds. The summed E-state index contributed by atoms with van der Waals surface area (Å²) in [5.41, 5.74) is 0.461. The summed E-state index contributed by atoms with van der Waals surface area (Å²) >= 11 is 0. The SMILES string of the molecule is C[C@H](C(=O)N[C@@H](Cc1ccccc1)C(=O)N([C@H](C)C(=O)OCc1ccccc1)N1C(=O)c2ccccc2C1=O)N(C(=O)[C@H](Cc1ccccc1)NC(=O)OC(C)(C)C)N1C(=O)c2ccccc2C1=O. The van der Waals surface area contributed by atoms with Gasteiger partial charge in [-0.3, -0.25) is 33.6 Å². The van der Waals surface area contributed by atoms with E-state index in [1.54, 1.807) is 112 Å². The minimum absolute atomic E-state index is 0.0393. The molecule has 0 bridgehead atoms. The Bertz CT molecular complexity index is 2730. The second kappa shape index (κ2) is 20.6. The van der Waals surface area contributed by atoms with Crippen LogP contribution in [0.15, 0.2) is 140 Å². The lowest BCUT2D eigenvalue weighted by Crippen LogP contribution is -2.65. The Morgan fingerprint density at radius 2 is 0.855 bits per heavy atom. The molecule has 17 heteroatoms. The third-order valence-electron chi connectivity index (χ3n) is 11.3. The van der Waals surface area contributed by atoms with E-state index in [1.165, 1.54) is 62.4 Å². The first-order valence-electron chi connectivity index (χ1n) is 22.1. The normalized spacial score (nSPS) is 14.7. The van der Waals surface area contributed by atoms with Crippen LogP contribution in [0.2, 0.25) is 0 Å². The van der Waals surface area contributed by atoms with Crippen LogP contribution in [0.4, 0.5) is 4.79 Å². The Kier molecular flexibility index (Phi) is 14.5. The van der Waals surface area contributed by atoms with Crippen LogP contribution in [0.5, 0.6) is 0 Å². The smallest absolute Gasteiger partial charge is 0.408 e. The summed E-state index contributed by atoms with van der Waals surface area (Å²) in [6.07, 6.45) is -1.48. The van der Waals surface area contributed by atoms with Crippen molar-refractivity contribution < 1.29 is 52.6 Å². The zero-order valence-electron chi connectivity index (χ0n) is 38.5. The Labute approximate surface area is 397 Å². The second-order valence-electron chi connectivity index (χ2n) is 17.4. The van der Waals surface area contributed by atoms with Gasteiger partial charge in [0.1, 0.15) is 36.4 Å². The van der Waals surface area contributed by atoms with Gasteiger partial charge in [0, 0.05) is 12.8 Å². The van der Waals surface area contributed by atoms with Crippen LogP contribution in [0.25, 0.3) is 0 Å². The van der Waals surface area contributed by atoms with Crippen molar-refractivity contribution in [3.63, 3.8) is 0 Å². The van der Waals surface area contributed by atoms with Gasteiger partial charge < -0.3 is 20.1 Å². The second-order valence-corrected chi connectivity index (χ2v) is 17.4. The maximum absolute atomic E-state index is 15.3. The predicted molar refractivity (Wildman–Crippen MR) is 248 cm³/mol. The van der Waals surface area contributed by atoms with Crippen molar-refractivity contribution in [1.82, 2.24) is 30.7 Å². The van der Waals surface area contributed by atoms with Gasteiger partial charge in [-0.2, -0.15) is 10.0 Å². The summed E-state index contributed by atoms with van der Waals surface area (Å²) in [4.78, 5) is 129. The van der Waals surface area contributed by atoms with Crippen LogP contribution in [-0.2, 0) is 48.1 Å². The number of benzene rings is 5. The minimum Gasteiger partial charge on any atom is -0.459 e. The summed E-state index contributed by atoms with van der Waals surface area (Å²) < 4.78 is 11.1. The monoisotopic (exact) mass is 934 g/mol. The van der Waals surface area contributed by atoms with Gasteiger partial charge in [0.05, 0.1) is 22.3 Å². The fourth-order valence-electron chi connectivity index (χ4n) is 7.89. The molecule has 0 radical (unpaired) electrons. The Balaban J connectivity index is 1.28. The number of hydrazine groups is 2. The van der Waals surface area contributed by atoms with Crippen LogP contribution in [0.3, 0.4) is 0 Å². The number of nitrogens with one attached hydrogen (secondary N) is 2. The molecule has 0 fully saturated rings. The third-order valence-corrected chi connectivity index (χ3v) is 11.3. The number of nitrogens with zero attached hydrogens (tertiary/aromatic N) is 4. The molecular weight excluding hydrogens is 885 g/mol. The molecule has 0 aromatic heterocycles. The maximum atomic E-state index is 15.3. The van der Waals surface area contributed by atoms with Crippen molar-refractivity contribution in [2.75, 3.05) is 0 Å². The van der Waals surface area contributed by atoms with Gasteiger partial charge in [-0.15, -0.1) is 0 Å². The minimum atomic E-state index is -1.80. The van der Waals surface area contributed by atoms with Gasteiger partial charge in [0.25, 0.3) is 35.4 Å². The predicted octanol–water partition coefficient (Wildman–Crippen LogP) is 5.45. The zero-order valence-corrected chi connectivity index (χ0v) is 38.5. The van der Waals surface area contributed by atoms with Crippen molar-refractivity contribution in [1.29, 1.82) is 0 Å². The molecule has 0 saturated heterocycles. The number of alkyl carbamates (subject to hydrolysis) is 1. The van der Waals surface area contributed by atoms with Crippen molar-refractivity contribution in [3.05, 3.63) is 178 Å². The molecule has 4 atom stereocenters. The van der Waals surface area contributed by atoms with Gasteiger partial charge in [-0.05, 0) is 75.6 Å². The van der Waals surface area contributed by atoms with E-state index >= 15 is 9.59 Å². The van der Waals surface area contributed by atoms with E-state index in [9.17, 15) is 33.6 Å². The van der Waals surface area contributed by atoms with Crippen LogP contribution >= 0.6 is 0 Å². The summed E-state index contributed by atoms with van der Waals surface area (Å²) in [5, 5.41) is 7.58. The van der Waals surface area contributed by atoms with E-state index in [2.05, 4.69) is 10.6 Å². The number of hydrogen-bond acceptors (Lipinski definition) is 11. The lowest BCUT2D eigenvalue weighted by Gasteiger charge is -2.38. The fourth-order valence-corrected chi connectivity index (χ4v) is 7.89. The standard InChI is InChI=1S/C52H50N6O11/c1-32(55(57-44(60)37-25-15-16-26-38(37)45(57)61)49(65)42(30-35-21-11-7-12-22-35)54-51(67)69-52(3,4)5)43(59)53-41(29-34-19-9-6-10-20-34)48(64)56(33(2)50(66)68-31-36-23-13-8-14-24-36)58-46(62)39-27-17-18-28-40(39)47(58)63/h6-28,32-33,41-42H,29-31H2,1-5H3,(H,53,59)(H,54,67)/t32-,33-,41+,42+/m1/s1. The zero-order chi connectivity index (χ0) is 49.6. The molecule has 354 valence electrons. The van der Waals surface area contributed by atoms with E-state index < -0.39 is 83.2 Å². The van der Waals surface area contributed by atoms with Gasteiger partial charge in [-0.25, -0.2) is 19.6 Å². The number of ether oxygens (including phenoxy) is 2. The number of hydrogen-bond donors (Lipinski definition) is 2. The Morgan fingerprint density at radius 3 is 1.25 bits per heavy atom. The van der Waals surface area contributed by atoms with Gasteiger partial charge >= 0.3 is 12.1 Å². The molecule has 2 heterocycles. The molecule has 5 aromatic carbocycles. The number of esters is 1. The molecule has 0 aliphatic carbocycles. The average molecular weight is 935 g/mol. The molecular formula is C52H50N6O11. The molecule has 0 spiro atoms. The number of rotatable bonds is 16. The topological polar surface area (TPSA) is 209 Å². The van der Waals surface area contributed by atoms with Crippen molar-refractivity contribution >= 4 is 53.4 Å². The highest BCUT2D eigenvalue weighted by atomic mass is 16.6. The Morgan fingerprint density at radius 1 is 0.507 bits per heavy atom. The number of imide groups is 2. The maximum Gasteiger partial charge on any atom is 0.408 e. The first kappa shape index (κ1) is 48.5. The molecule has 2 aliphatic rings. The summed E-state index contributed by atoms with van der Waals surface area (Å²) in [5.74, 6) is -8.01. The molecule has 7 rings (SSSR count). The first-order chi connectivity index (χ1) is 32.9. The largest absolute Gasteiger partial charge is 0.459 e. The third kappa shape index (κ3) is 10.7. The summed E-state index contributed by atoms with van der Waals surface area (Å²) in [6, 6.07) is 30.6. The Hall–Kier alpha value is -8.47. The van der Waals surface area contributed by atoms with Crippen molar-refractivity contribution in [2.45, 2.75) is 83.8 Å². The van der Waals surface area contributed by atoms with Gasteiger partial charge in [0.2, 0.25) is 5.91 Å². The lowest BCUT2D eigenvalue weighted by molar-refractivity contribution is -0.165. The highest BCUT2D eigenvalue weighted by Crippen LogP contribution is 2.29. The van der Waals surface area contributed by atoms with Crippen molar-refractivity contribution in [2.24, 2.45) is 0 Å². The summed E-state index contributed by atoms with van der Waals surface area (Å²) in [6.45, 7) is 7.14. The van der Waals surface area contributed by atoms with E-state index in [0.717, 1.165) is 0 Å². The highest BCUT2D eigenvalue weighted by Gasteiger charge is 2.49. The van der Waals surface area contributed by atoms with Crippen LogP contribution in [-0.4, -0.2) is 103 Å². The van der Waals surface area contributed by atoms with Gasteiger partial charge in [-0.1, -0.05) is 115 Å². The number of carbonyl (C=O) groups excluding carboxylic acids is 9. The molecule has 2 aliphatic heterocycles. The first-order valence-corrected chi connectivity index (χ1v) is 22.1. The molecule has 0 unspecified atom stereocenters. The molecule has 2 N–H and O–H groups in total. The van der Waals surface area contributed by atoms with E-state index in [0.29, 0.717) is 36.7 Å². The fraction of sp³-hybridized carbons (Fsp3) is 0.250. The van der Waals surface area contributed by atoms with E-state index in [-0.39, 0.29) is 41.7 Å². The molecule has 5 aromatic rings. The van der Waals surface area contributed by atoms with Crippen LogP contribution in [0.1, 0.15) is 92.7 Å². The van der Waals surface area contributed by atoms with Gasteiger partial charge in [0.15, 0.2) is 0 Å². The molecule has 69 heavy (non-hydrogen) atoms. The lowest BCUT2D eigenvalue weighted by atomic mass is 10.0. The quantitative estimate of drug-likeness (QED) is 0.0939. The molecule has 17 nitrogen and oxygen atoms in total. The van der Waals surface area contributed by atoms with E-state index in [4.69, 9.17) is 9.47 Å². The van der Waals surface area contributed by atoms with Crippen molar-refractivity contribution in [3.8, 4) is 0 Å².